The van der Waals surface area contributed by atoms with Crippen molar-refractivity contribution in [3.63, 3.8) is 0 Å². The summed E-state index contributed by atoms with van der Waals surface area (Å²) in [4.78, 5) is 35.3. The number of ether oxygens (including phenoxy) is 2. The maximum atomic E-state index is 13.6. The molecule has 1 atom stereocenters. The highest BCUT2D eigenvalue weighted by molar-refractivity contribution is 7.14. The van der Waals surface area contributed by atoms with E-state index in [2.05, 4.69) is 5.32 Å². The molecule has 25 heavy (non-hydrogen) atoms. The average molecular weight is 366 g/mol. The second kappa shape index (κ2) is 7.75. The highest BCUT2D eigenvalue weighted by atomic mass is 32.1. The molecule has 0 fully saturated rings. The van der Waals surface area contributed by atoms with Crippen LogP contribution in [0.25, 0.3) is 0 Å². The van der Waals surface area contributed by atoms with Crippen LogP contribution in [0.4, 0.5) is 9.39 Å². The molecule has 3 N–H and O–H groups in total. The number of hydrogen-bond donors (Lipinski definition) is 2. The minimum Gasteiger partial charge on any atom is -0.494 e. The first-order chi connectivity index (χ1) is 11.8. The smallest absolute Gasteiger partial charge is 0.339 e. The van der Waals surface area contributed by atoms with Gasteiger partial charge in [0.1, 0.15) is 5.00 Å². The Kier molecular flexibility index (Phi) is 5.71. The first-order valence-corrected chi connectivity index (χ1v) is 7.94. The van der Waals surface area contributed by atoms with Crippen molar-refractivity contribution in [1.82, 2.24) is 0 Å². The van der Waals surface area contributed by atoms with Gasteiger partial charge in [-0.05, 0) is 36.6 Å². The molecule has 132 valence electrons. The van der Waals surface area contributed by atoms with Gasteiger partial charge in [0, 0.05) is 0 Å². The summed E-state index contributed by atoms with van der Waals surface area (Å²) in [6.07, 6.45) is -1.17. The summed E-state index contributed by atoms with van der Waals surface area (Å²) >= 11 is 1.11. The highest BCUT2D eigenvalue weighted by Crippen LogP contribution is 2.23. The van der Waals surface area contributed by atoms with Crippen LogP contribution >= 0.6 is 11.3 Å². The quantitative estimate of drug-likeness (QED) is 0.762. The molecule has 1 aromatic carbocycles. The number of primary amides is 1. The lowest BCUT2D eigenvalue weighted by Gasteiger charge is -2.13. The number of benzene rings is 1. The fourth-order valence-corrected chi connectivity index (χ4v) is 2.68. The van der Waals surface area contributed by atoms with Crippen molar-refractivity contribution in [3.05, 3.63) is 46.6 Å². The fourth-order valence-electron chi connectivity index (χ4n) is 1.89. The summed E-state index contributed by atoms with van der Waals surface area (Å²) in [6, 6.07) is 5.02. The standard InChI is InChI=1S/C16H15FN2O5S/c1-8(14(21)19-15-10(13(18)20)5-6-25-15)24-16(22)9-3-4-12(23-2)11(17)7-9/h3-8H,1-2H3,(H2,18,20)(H,19,21)/t8-/m1/s1. The van der Waals surface area contributed by atoms with E-state index in [1.807, 2.05) is 0 Å². The molecule has 0 unspecified atom stereocenters. The minimum absolute atomic E-state index is 0.0148. The number of rotatable bonds is 6. The summed E-state index contributed by atoms with van der Waals surface area (Å²) in [5, 5.41) is 4.32. The van der Waals surface area contributed by atoms with Crippen molar-refractivity contribution in [2.75, 3.05) is 12.4 Å². The molecule has 1 aromatic heterocycles. The van der Waals surface area contributed by atoms with Gasteiger partial charge in [-0.15, -0.1) is 11.3 Å². The van der Waals surface area contributed by atoms with Gasteiger partial charge >= 0.3 is 5.97 Å². The Morgan fingerprint density at radius 3 is 2.60 bits per heavy atom. The van der Waals surface area contributed by atoms with Crippen LogP contribution in [0, 0.1) is 5.82 Å². The van der Waals surface area contributed by atoms with Gasteiger partial charge in [0.15, 0.2) is 17.7 Å². The number of amides is 2. The molecule has 0 bridgehead atoms. The van der Waals surface area contributed by atoms with Crippen LogP contribution in [0.2, 0.25) is 0 Å². The average Bonchev–Trinajstić information content (AvgIpc) is 3.02. The number of esters is 1. The Hall–Kier alpha value is -2.94. The number of carbonyl (C=O) groups is 3. The molecular formula is C16H15FN2O5S. The Bertz CT molecular complexity index is 821. The van der Waals surface area contributed by atoms with Crippen molar-refractivity contribution in [1.29, 1.82) is 0 Å². The lowest BCUT2D eigenvalue weighted by molar-refractivity contribution is -0.123. The zero-order valence-corrected chi connectivity index (χ0v) is 14.2. The molecule has 2 amide bonds. The zero-order valence-electron chi connectivity index (χ0n) is 13.4. The predicted molar refractivity (Wildman–Crippen MR) is 89.3 cm³/mol. The molecule has 0 aliphatic rings. The molecule has 0 aliphatic carbocycles. The number of hydrogen-bond acceptors (Lipinski definition) is 6. The van der Waals surface area contributed by atoms with Crippen LogP contribution in [-0.2, 0) is 9.53 Å². The molecule has 0 spiro atoms. The molecule has 2 rings (SSSR count). The molecule has 0 radical (unpaired) electrons. The van der Waals surface area contributed by atoms with Gasteiger partial charge in [-0.3, -0.25) is 9.59 Å². The topological polar surface area (TPSA) is 108 Å². The summed E-state index contributed by atoms with van der Waals surface area (Å²) in [6.45, 7) is 1.35. The Morgan fingerprint density at radius 2 is 2.00 bits per heavy atom. The maximum Gasteiger partial charge on any atom is 0.339 e. The maximum absolute atomic E-state index is 13.6. The third-order valence-corrected chi connectivity index (χ3v) is 4.04. The van der Waals surface area contributed by atoms with Crippen molar-refractivity contribution < 1.29 is 28.2 Å². The lowest BCUT2D eigenvalue weighted by Crippen LogP contribution is -2.30. The normalized spacial score (nSPS) is 11.5. The van der Waals surface area contributed by atoms with Gasteiger partial charge < -0.3 is 20.5 Å². The van der Waals surface area contributed by atoms with Crippen molar-refractivity contribution in [3.8, 4) is 5.75 Å². The van der Waals surface area contributed by atoms with Crippen molar-refractivity contribution >= 4 is 34.1 Å². The molecule has 0 saturated carbocycles. The first kappa shape index (κ1) is 18.4. The SMILES string of the molecule is COc1ccc(C(=O)O[C@H](C)C(=O)Nc2sccc2C(N)=O)cc1F. The van der Waals surface area contributed by atoms with E-state index in [1.54, 1.807) is 5.38 Å². The van der Waals surface area contributed by atoms with Gasteiger partial charge in [0.25, 0.3) is 11.8 Å². The number of nitrogens with one attached hydrogen (secondary N) is 1. The first-order valence-electron chi connectivity index (χ1n) is 7.06. The van der Waals surface area contributed by atoms with Crippen molar-refractivity contribution in [2.45, 2.75) is 13.0 Å². The number of methoxy groups -OCH3 is 1. The van der Waals surface area contributed by atoms with E-state index in [0.717, 1.165) is 17.4 Å². The summed E-state index contributed by atoms with van der Waals surface area (Å²) in [5.41, 5.74) is 5.29. The van der Waals surface area contributed by atoms with Crippen LogP contribution < -0.4 is 15.8 Å². The number of anilines is 1. The van der Waals surface area contributed by atoms with Gasteiger partial charge in [-0.2, -0.15) is 0 Å². The lowest BCUT2D eigenvalue weighted by atomic mass is 10.2. The minimum atomic E-state index is -1.17. The molecule has 9 heteroatoms. The van der Waals surface area contributed by atoms with Gasteiger partial charge in [0.05, 0.1) is 18.2 Å². The molecule has 1 heterocycles. The van der Waals surface area contributed by atoms with Crippen LogP contribution in [0.15, 0.2) is 29.6 Å². The Balaban J connectivity index is 2.03. The highest BCUT2D eigenvalue weighted by Gasteiger charge is 2.22. The number of halogens is 1. The summed E-state index contributed by atoms with van der Waals surface area (Å²) < 4.78 is 23.4. The van der Waals surface area contributed by atoms with Crippen LogP contribution in [0.1, 0.15) is 27.6 Å². The molecular weight excluding hydrogens is 351 g/mol. The third kappa shape index (κ3) is 4.32. The zero-order chi connectivity index (χ0) is 18.6. The monoisotopic (exact) mass is 366 g/mol. The molecule has 0 saturated heterocycles. The second-order valence-electron chi connectivity index (χ2n) is 4.91. The van der Waals surface area contributed by atoms with E-state index in [4.69, 9.17) is 15.2 Å². The summed E-state index contributed by atoms with van der Waals surface area (Å²) in [5.74, 6) is -2.94. The van der Waals surface area contributed by atoms with Crippen LogP contribution in [0.3, 0.4) is 0 Å². The van der Waals surface area contributed by atoms with E-state index in [1.165, 1.54) is 32.2 Å². The molecule has 7 nitrogen and oxygen atoms in total. The number of nitrogens with two attached hydrogens (primary N) is 1. The Labute approximate surface area is 146 Å². The fraction of sp³-hybridized carbons (Fsp3) is 0.188. The largest absolute Gasteiger partial charge is 0.494 e. The third-order valence-electron chi connectivity index (χ3n) is 3.21. The van der Waals surface area contributed by atoms with Crippen LogP contribution in [-0.4, -0.2) is 31.0 Å². The van der Waals surface area contributed by atoms with Crippen LogP contribution in [0.5, 0.6) is 5.75 Å². The summed E-state index contributed by atoms with van der Waals surface area (Å²) in [7, 11) is 1.30. The molecule has 0 aliphatic heterocycles. The number of thiophene rings is 1. The Morgan fingerprint density at radius 1 is 1.28 bits per heavy atom. The van der Waals surface area contributed by atoms with E-state index in [0.29, 0.717) is 0 Å². The molecule has 2 aromatic rings. The number of carbonyl (C=O) groups excluding carboxylic acids is 3. The van der Waals surface area contributed by atoms with E-state index in [-0.39, 0.29) is 21.9 Å². The van der Waals surface area contributed by atoms with Gasteiger partial charge in [0.2, 0.25) is 0 Å². The van der Waals surface area contributed by atoms with E-state index < -0.39 is 29.7 Å². The second-order valence-corrected chi connectivity index (χ2v) is 5.83. The van der Waals surface area contributed by atoms with Crippen molar-refractivity contribution in [2.24, 2.45) is 5.73 Å². The predicted octanol–water partition coefficient (Wildman–Crippen LogP) is 2.18. The van der Waals surface area contributed by atoms with E-state index in [9.17, 15) is 18.8 Å². The van der Waals surface area contributed by atoms with Gasteiger partial charge in [-0.1, -0.05) is 0 Å². The van der Waals surface area contributed by atoms with Gasteiger partial charge in [-0.25, -0.2) is 9.18 Å². The van der Waals surface area contributed by atoms with E-state index >= 15 is 0 Å².